The van der Waals surface area contributed by atoms with E-state index in [0.29, 0.717) is 25.7 Å². The fourth-order valence-corrected chi connectivity index (χ4v) is 8.76. The summed E-state index contributed by atoms with van der Waals surface area (Å²) in [5.41, 5.74) is 0. The SMILES string of the molecule is CC/C=C\C/C=C\C/C=C\C/C=C\C/C=C\C/C=C\C/C=C\C/C=C\C/C=C\C/C=C\CCCCC(=O)OCC(COC(=O)CCCCCCCCC)OC(=O)CCCCCCCCCCCCCC/C=C\C/C=C\C/C=C\C/C=C\CC. The molecule has 0 aliphatic carbocycles. The number of rotatable bonds is 59. The Hall–Kier alpha value is -5.23. The van der Waals surface area contributed by atoms with E-state index >= 15 is 0 Å². The first-order chi connectivity index (χ1) is 41.0. The molecule has 0 aliphatic heterocycles. The number of carbonyl (C=O) groups excluding carboxylic acids is 3. The second-order valence-corrected chi connectivity index (χ2v) is 21.6. The molecule has 0 spiro atoms. The molecular weight excluding hydrogens is 1020 g/mol. The molecule has 6 heteroatoms. The summed E-state index contributed by atoms with van der Waals surface area (Å²) < 4.78 is 16.8. The molecule has 0 aromatic rings. The van der Waals surface area contributed by atoms with Crippen LogP contribution in [-0.2, 0) is 28.6 Å². The van der Waals surface area contributed by atoms with E-state index in [4.69, 9.17) is 14.2 Å². The van der Waals surface area contributed by atoms with Gasteiger partial charge in [0.2, 0.25) is 0 Å². The molecule has 0 fully saturated rings. The number of ether oxygens (including phenoxy) is 3. The molecule has 0 saturated carbocycles. The fraction of sp³-hybridized carbons (Fsp3) is 0.597. The summed E-state index contributed by atoms with van der Waals surface area (Å²) in [6, 6.07) is 0. The topological polar surface area (TPSA) is 78.9 Å². The van der Waals surface area contributed by atoms with Crippen LogP contribution in [0.4, 0.5) is 0 Å². The highest BCUT2D eigenvalue weighted by molar-refractivity contribution is 5.71. The van der Waals surface area contributed by atoms with E-state index in [9.17, 15) is 14.4 Å². The number of hydrogen-bond acceptors (Lipinski definition) is 6. The summed E-state index contributed by atoms with van der Waals surface area (Å²) in [7, 11) is 0. The Kier molecular flexibility index (Phi) is 64.9. The number of esters is 3. The fourth-order valence-electron chi connectivity index (χ4n) is 8.76. The molecule has 0 radical (unpaired) electrons. The molecule has 0 heterocycles. The zero-order valence-corrected chi connectivity index (χ0v) is 53.4. The Balaban J connectivity index is 4.25. The highest BCUT2D eigenvalue weighted by Crippen LogP contribution is 2.15. The van der Waals surface area contributed by atoms with Crippen molar-refractivity contribution >= 4 is 17.9 Å². The second-order valence-electron chi connectivity index (χ2n) is 21.6. The van der Waals surface area contributed by atoms with E-state index in [0.717, 1.165) is 141 Å². The van der Waals surface area contributed by atoms with Gasteiger partial charge in [-0.25, -0.2) is 0 Å². The third-order valence-electron chi connectivity index (χ3n) is 13.7. The van der Waals surface area contributed by atoms with Crippen LogP contribution in [-0.4, -0.2) is 37.2 Å². The lowest BCUT2D eigenvalue weighted by molar-refractivity contribution is -0.167. The normalized spacial score (nSPS) is 13.2. The van der Waals surface area contributed by atoms with Gasteiger partial charge in [-0.3, -0.25) is 14.4 Å². The maximum absolute atomic E-state index is 12.9. The van der Waals surface area contributed by atoms with Crippen molar-refractivity contribution in [3.8, 4) is 0 Å². The van der Waals surface area contributed by atoms with Gasteiger partial charge in [0, 0.05) is 19.3 Å². The number of carbonyl (C=O) groups is 3. The second kappa shape index (κ2) is 69.3. The highest BCUT2D eigenvalue weighted by Gasteiger charge is 2.19. The van der Waals surface area contributed by atoms with E-state index < -0.39 is 6.10 Å². The summed E-state index contributed by atoms with van der Waals surface area (Å²) in [6.45, 7) is 6.33. The molecule has 0 aliphatic rings. The Morgan fingerprint density at radius 3 is 0.759 bits per heavy atom. The molecule has 466 valence electrons. The molecule has 0 saturated heterocycles. The van der Waals surface area contributed by atoms with Gasteiger partial charge >= 0.3 is 17.9 Å². The third-order valence-corrected chi connectivity index (χ3v) is 13.7. The maximum atomic E-state index is 12.9. The van der Waals surface area contributed by atoms with E-state index in [1.54, 1.807) is 0 Å². The molecule has 0 rings (SSSR count). The highest BCUT2D eigenvalue weighted by atomic mass is 16.6. The number of allylic oxidation sites excluding steroid dienone is 28. The van der Waals surface area contributed by atoms with E-state index in [1.165, 1.54) is 89.9 Å². The van der Waals surface area contributed by atoms with Gasteiger partial charge in [-0.15, -0.1) is 0 Å². The van der Waals surface area contributed by atoms with Gasteiger partial charge in [-0.2, -0.15) is 0 Å². The molecule has 0 N–H and O–H groups in total. The van der Waals surface area contributed by atoms with Crippen molar-refractivity contribution in [1.82, 2.24) is 0 Å². The third kappa shape index (κ3) is 67.4. The van der Waals surface area contributed by atoms with Crippen molar-refractivity contribution in [3.05, 3.63) is 170 Å². The smallest absolute Gasteiger partial charge is 0.306 e. The molecule has 6 nitrogen and oxygen atoms in total. The van der Waals surface area contributed by atoms with Crippen LogP contribution in [0.5, 0.6) is 0 Å². The predicted molar refractivity (Wildman–Crippen MR) is 361 cm³/mol. The average molecular weight is 1140 g/mol. The van der Waals surface area contributed by atoms with Gasteiger partial charge in [0.25, 0.3) is 0 Å². The van der Waals surface area contributed by atoms with Gasteiger partial charge in [-0.05, 0) is 135 Å². The standard InChI is InChI=1S/C77H122O6/c1-4-7-10-13-16-18-20-22-24-26-28-30-32-34-35-36-37-38-39-40-41-43-44-46-48-50-52-54-56-58-61-64-67-70-76(79)82-73-74(72-81-75(78)69-66-63-60-15-12-9-6-3)83-77(80)71-68-65-62-59-57-55-53-51-49-47-45-42-33-31-29-27-25-23-21-19-17-14-11-8-5-2/h7-8,10-11,16-19,22-25,28-31,34-35,37-38,40-41,44,46,50,52,56,58,74H,4-6,9,12-15,20-21,26-27,32-33,36,39,42-43,45,47-49,51,53-55,57,59-73H2,1-3H3/b10-7-,11-8-,18-16-,19-17-,24-22-,25-23-,30-28-,31-29-,35-34-,38-37-,41-40-,46-44-,52-50-,58-56-. The molecule has 1 atom stereocenters. The average Bonchev–Trinajstić information content (AvgIpc) is 3.50. The Morgan fingerprint density at radius 2 is 0.470 bits per heavy atom. The lowest BCUT2D eigenvalue weighted by atomic mass is 10.0. The summed E-state index contributed by atoms with van der Waals surface area (Å²) in [4.78, 5) is 38.1. The first kappa shape index (κ1) is 77.8. The summed E-state index contributed by atoms with van der Waals surface area (Å²) in [5.74, 6) is -0.955. The minimum Gasteiger partial charge on any atom is -0.462 e. The van der Waals surface area contributed by atoms with Crippen molar-refractivity contribution in [3.63, 3.8) is 0 Å². The minimum absolute atomic E-state index is 0.0976. The van der Waals surface area contributed by atoms with Gasteiger partial charge in [0.15, 0.2) is 6.10 Å². The van der Waals surface area contributed by atoms with Crippen LogP contribution in [0.25, 0.3) is 0 Å². The molecule has 83 heavy (non-hydrogen) atoms. The quantitative estimate of drug-likeness (QED) is 0.0261. The lowest BCUT2D eigenvalue weighted by Gasteiger charge is -2.18. The van der Waals surface area contributed by atoms with Gasteiger partial charge in [-0.1, -0.05) is 294 Å². The van der Waals surface area contributed by atoms with Crippen molar-refractivity contribution in [2.24, 2.45) is 0 Å². The van der Waals surface area contributed by atoms with Crippen molar-refractivity contribution < 1.29 is 28.6 Å². The van der Waals surface area contributed by atoms with Gasteiger partial charge < -0.3 is 14.2 Å². The van der Waals surface area contributed by atoms with Crippen LogP contribution in [0.2, 0.25) is 0 Å². The number of unbranched alkanes of at least 4 members (excludes halogenated alkanes) is 20. The summed E-state index contributed by atoms with van der Waals surface area (Å²) in [6.07, 6.45) is 103. The number of hydrogen-bond donors (Lipinski definition) is 0. The van der Waals surface area contributed by atoms with E-state index in [-0.39, 0.29) is 31.1 Å². The Bertz CT molecular complexity index is 1890. The zero-order chi connectivity index (χ0) is 59.9. The molecular formula is C77H122O6. The van der Waals surface area contributed by atoms with Gasteiger partial charge in [0.1, 0.15) is 13.2 Å². The van der Waals surface area contributed by atoms with Crippen LogP contribution in [0, 0.1) is 0 Å². The maximum Gasteiger partial charge on any atom is 0.306 e. The lowest BCUT2D eigenvalue weighted by Crippen LogP contribution is -2.30. The minimum atomic E-state index is -0.803. The molecule has 1 unspecified atom stereocenters. The van der Waals surface area contributed by atoms with Crippen molar-refractivity contribution in [2.75, 3.05) is 13.2 Å². The molecule has 0 aromatic carbocycles. The van der Waals surface area contributed by atoms with E-state index in [2.05, 4.69) is 191 Å². The van der Waals surface area contributed by atoms with E-state index in [1.807, 2.05) is 0 Å². The molecule has 0 amide bonds. The van der Waals surface area contributed by atoms with Crippen molar-refractivity contribution in [2.45, 2.75) is 284 Å². The van der Waals surface area contributed by atoms with Crippen LogP contribution < -0.4 is 0 Å². The Morgan fingerprint density at radius 1 is 0.253 bits per heavy atom. The first-order valence-electron chi connectivity index (χ1n) is 33.6. The van der Waals surface area contributed by atoms with Crippen molar-refractivity contribution in [1.29, 1.82) is 0 Å². The largest absolute Gasteiger partial charge is 0.462 e. The Labute approximate surface area is 511 Å². The van der Waals surface area contributed by atoms with Crippen LogP contribution >= 0.6 is 0 Å². The summed E-state index contributed by atoms with van der Waals surface area (Å²) in [5, 5.41) is 0. The van der Waals surface area contributed by atoms with Gasteiger partial charge in [0.05, 0.1) is 0 Å². The molecule has 0 aromatic heterocycles. The zero-order valence-electron chi connectivity index (χ0n) is 53.4. The first-order valence-corrected chi connectivity index (χ1v) is 33.6. The summed E-state index contributed by atoms with van der Waals surface area (Å²) >= 11 is 0. The van der Waals surface area contributed by atoms with Crippen LogP contribution in [0.1, 0.15) is 278 Å². The molecule has 0 bridgehead atoms. The van der Waals surface area contributed by atoms with Crippen LogP contribution in [0.3, 0.4) is 0 Å². The predicted octanol–water partition coefficient (Wildman–Crippen LogP) is 23.4. The van der Waals surface area contributed by atoms with Crippen LogP contribution in [0.15, 0.2) is 170 Å². The monoisotopic (exact) mass is 1140 g/mol.